The molecule has 4 heteroatoms. The number of hydrogen-bond acceptors (Lipinski definition) is 4. The first-order valence-corrected chi connectivity index (χ1v) is 6.45. The van der Waals surface area contributed by atoms with Gasteiger partial charge in [-0.2, -0.15) is 0 Å². The van der Waals surface area contributed by atoms with Crippen molar-refractivity contribution < 1.29 is 4.74 Å². The average molecular weight is 251 g/mol. The maximum absolute atomic E-state index is 5.37. The number of hydrogen-bond donors (Lipinski definition) is 1. The molecule has 0 spiro atoms. The van der Waals surface area contributed by atoms with Crippen LogP contribution < -0.4 is 10.1 Å². The molecule has 1 N–H and O–H groups in total. The number of rotatable bonds is 5. The zero-order valence-electron chi connectivity index (χ0n) is 12.4. The lowest BCUT2D eigenvalue weighted by molar-refractivity contribution is 0.301. The van der Waals surface area contributed by atoms with Crippen LogP contribution in [-0.2, 0) is 0 Å². The molecule has 1 aromatic rings. The van der Waals surface area contributed by atoms with Gasteiger partial charge in [-0.3, -0.25) is 0 Å². The Kier molecular flexibility index (Phi) is 4.54. The highest BCUT2D eigenvalue weighted by Crippen LogP contribution is 2.29. The third kappa shape index (κ3) is 5.34. The van der Waals surface area contributed by atoms with Gasteiger partial charge in [0.05, 0.1) is 6.61 Å². The standard InChI is InChI=1S/C14H25N3O/c1-7-18-12-8-11(15-10-16-12)17-14(5,6)9-13(2,3)4/h8,10H,7,9H2,1-6H3,(H,15,16,17). The van der Waals surface area contributed by atoms with Crippen molar-refractivity contribution in [2.24, 2.45) is 5.41 Å². The zero-order chi connectivity index (χ0) is 13.8. The Hall–Kier alpha value is -1.32. The Bertz CT molecular complexity index is 383. The van der Waals surface area contributed by atoms with Crippen molar-refractivity contribution in [1.82, 2.24) is 9.97 Å². The number of nitrogens with one attached hydrogen (secondary N) is 1. The normalized spacial score (nSPS) is 12.3. The van der Waals surface area contributed by atoms with Crippen molar-refractivity contribution in [3.63, 3.8) is 0 Å². The Morgan fingerprint density at radius 2 is 1.83 bits per heavy atom. The van der Waals surface area contributed by atoms with E-state index in [2.05, 4.69) is 49.9 Å². The van der Waals surface area contributed by atoms with E-state index in [1.807, 2.05) is 13.0 Å². The predicted octanol–water partition coefficient (Wildman–Crippen LogP) is 3.50. The second-order valence-electron chi connectivity index (χ2n) is 6.42. The summed E-state index contributed by atoms with van der Waals surface area (Å²) in [5.74, 6) is 1.42. The second-order valence-corrected chi connectivity index (χ2v) is 6.42. The van der Waals surface area contributed by atoms with Crippen LogP contribution in [0.25, 0.3) is 0 Å². The van der Waals surface area contributed by atoms with Gasteiger partial charge in [0.25, 0.3) is 0 Å². The van der Waals surface area contributed by atoms with Gasteiger partial charge in [-0.25, -0.2) is 9.97 Å². The fourth-order valence-electron chi connectivity index (χ4n) is 2.35. The highest BCUT2D eigenvalue weighted by atomic mass is 16.5. The number of ether oxygens (including phenoxy) is 1. The molecule has 1 aromatic heterocycles. The molecule has 0 saturated carbocycles. The minimum atomic E-state index is -0.0178. The minimum Gasteiger partial charge on any atom is -0.478 e. The van der Waals surface area contributed by atoms with Crippen LogP contribution >= 0.6 is 0 Å². The number of nitrogens with zero attached hydrogens (tertiary/aromatic N) is 2. The van der Waals surface area contributed by atoms with E-state index in [0.29, 0.717) is 12.5 Å². The first-order chi connectivity index (χ1) is 8.22. The molecule has 0 unspecified atom stereocenters. The third-order valence-corrected chi connectivity index (χ3v) is 2.37. The SMILES string of the molecule is CCOc1cc(NC(C)(C)CC(C)(C)C)ncn1. The van der Waals surface area contributed by atoms with E-state index in [0.717, 1.165) is 12.2 Å². The molecule has 0 amide bonds. The molecular formula is C14H25N3O. The lowest BCUT2D eigenvalue weighted by atomic mass is 9.82. The quantitative estimate of drug-likeness (QED) is 0.870. The van der Waals surface area contributed by atoms with Gasteiger partial charge in [-0.1, -0.05) is 20.8 Å². The van der Waals surface area contributed by atoms with E-state index >= 15 is 0 Å². The molecule has 0 atom stereocenters. The summed E-state index contributed by atoms with van der Waals surface area (Å²) in [6.45, 7) is 13.6. The summed E-state index contributed by atoms with van der Waals surface area (Å²) in [5, 5.41) is 3.44. The minimum absolute atomic E-state index is 0.0178. The van der Waals surface area contributed by atoms with E-state index in [-0.39, 0.29) is 11.0 Å². The van der Waals surface area contributed by atoms with Gasteiger partial charge in [-0.05, 0) is 32.6 Å². The van der Waals surface area contributed by atoms with Crippen LogP contribution in [0, 0.1) is 5.41 Å². The van der Waals surface area contributed by atoms with Crippen molar-refractivity contribution >= 4 is 5.82 Å². The second kappa shape index (κ2) is 5.55. The Morgan fingerprint density at radius 3 is 2.39 bits per heavy atom. The van der Waals surface area contributed by atoms with Crippen LogP contribution in [0.4, 0.5) is 5.82 Å². The molecule has 0 aromatic carbocycles. The van der Waals surface area contributed by atoms with Gasteiger partial charge in [0.1, 0.15) is 12.1 Å². The zero-order valence-corrected chi connectivity index (χ0v) is 12.4. The monoisotopic (exact) mass is 251 g/mol. The van der Waals surface area contributed by atoms with Gasteiger partial charge in [0.15, 0.2) is 0 Å². The van der Waals surface area contributed by atoms with Crippen molar-refractivity contribution in [3.05, 3.63) is 12.4 Å². The van der Waals surface area contributed by atoms with Crippen molar-refractivity contribution in [2.75, 3.05) is 11.9 Å². The largest absolute Gasteiger partial charge is 0.478 e. The van der Waals surface area contributed by atoms with Crippen LogP contribution in [0.15, 0.2) is 12.4 Å². The topological polar surface area (TPSA) is 47.0 Å². The van der Waals surface area contributed by atoms with Crippen molar-refractivity contribution in [3.8, 4) is 5.88 Å². The summed E-state index contributed by atoms with van der Waals surface area (Å²) < 4.78 is 5.37. The molecule has 0 aliphatic rings. The smallest absolute Gasteiger partial charge is 0.218 e. The molecule has 18 heavy (non-hydrogen) atoms. The molecule has 0 aliphatic carbocycles. The Morgan fingerprint density at radius 1 is 1.17 bits per heavy atom. The van der Waals surface area contributed by atoms with Gasteiger partial charge in [0.2, 0.25) is 5.88 Å². The number of anilines is 1. The molecule has 102 valence electrons. The van der Waals surface area contributed by atoms with E-state index in [9.17, 15) is 0 Å². The first-order valence-electron chi connectivity index (χ1n) is 6.45. The average Bonchev–Trinajstić information content (AvgIpc) is 2.13. The van der Waals surface area contributed by atoms with Crippen LogP contribution in [0.2, 0.25) is 0 Å². The van der Waals surface area contributed by atoms with Crippen LogP contribution in [-0.4, -0.2) is 22.1 Å². The summed E-state index contributed by atoms with van der Waals surface area (Å²) in [7, 11) is 0. The van der Waals surface area contributed by atoms with Crippen LogP contribution in [0.5, 0.6) is 5.88 Å². The lowest BCUT2D eigenvalue weighted by Gasteiger charge is -2.33. The first kappa shape index (κ1) is 14.7. The summed E-state index contributed by atoms with van der Waals surface area (Å²) in [6, 6.07) is 1.84. The highest BCUT2D eigenvalue weighted by Gasteiger charge is 2.25. The summed E-state index contributed by atoms with van der Waals surface area (Å²) in [4.78, 5) is 8.30. The van der Waals surface area contributed by atoms with Gasteiger partial charge >= 0.3 is 0 Å². The van der Waals surface area contributed by atoms with E-state index in [1.54, 1.807) is 0 Å². The maximum Gasteiger partial charge on any atom is 0.218 e. The molecular weight excluding hydrogens is 226 g/mol. The van der Waals surface area contributed by atoms with Gasteiger partial charge in [-0.15, -0.1) is 0 Å². The van der Waals surface area contributed by atoms with Crippen molar-refractivity contribution in [2.45, 2.75) is 53.5 Å². The van der Waals surface area contributed by atoms with Crippen molar-refractivity contribution in [1.29, 1.82) is 0 Å². The highest BCUT2D eigenvalue weighted by molar-refractivity contribution is 5.39. The van der Waals surface area contributed by atoms with E-state index < -0.39 is 0 Å². The molecule has 0 saturated heterocycles. The Balaban J connectivity index is 2.74. The predicted molar refractivity (Wildman–Crippen MR) is 75.0 cm³/mol. The molecule has 1 rings (SSSR count). The molecule has 0 bridgehead atoms. The van der Waals surface area contributed by atoms with E-state index in [1.165, 1.54) is 6.33 Å². The van der Waals surface area contributed by atoms with E-state index in [4.69, 9.17) is 4.74 Å². The van der Waals surface area contributed by atoms with Crippen LogP contribution in [0.3, 0.4) is 0 Å². The number of aromatic nitrogens is 2. The lowest BCUT2D eigenvalue weighted by Crippen LogP contribution is -2.35. The van der Waals surface area contributed by atoms with Crippen LogP contribution in [0.1, 0.15) is 48.0 Å². The maximum atomic E-state index is 5.37. The summed E-state index contributed by atoms with van der Waals surface area (Å²) in [5.41, 5.74) is 0.252. The fraction of sp³-hybridized carbons (Fsp3) is 0.714. The van der Waals surface area contributed by atoms with Gasteiger partial charge in [0, 0.05) is 11.6 Å². The molecule has 0 aliphatic heterocycles. The molecule has 4 nitrogen and oxygen atoms in total. The third-order valence-electron chi connectivity index (χ3n) is 2.37. The summed E-state index contributed by atoms with van der Waals surface area (Å²) >= 11 is 0. The Labute approximate surface area is 110 Å². The summed E-state index contributed by atoms with van der Waals surface area (Å²) in [6.07, 6.45) is 2.58. The van der Waals surface area contributed by atoms with Gasteiger partial charge < -0.3 is 10.1 Å². The molecule has 0 radical (unpaired) electrons. The molecule has 0 fully saturated rings. The molecule has 1 heterocycles. The fourth-order valence-corrected chi connectivity index (χ4v) is 2.35.